The Bertz CT molecular complexity index is 1750. The molecule has 1 N–H and O–H groups in total. The minimum absolute atomic E-state index is 0.0110. The standard InChI is InChI=1S/C38H39F9N2O4/c1-22(21-49-23(2)32(53-34(49)51)26-16-27(36(39,40)41)19-28(17-26)37(42,43)44)20-35(3,4)15-9-12-25-18-29(13-14-30(25)52-5)48-33(50)31(38(45,46)47)24-10-7-6-8-11-24/h6-8,10-11,13-14,16-19,23,31-32H,1,9,12,15,20-21H2,2-5H3,(H,48,50)/t23-,31-,32-/m0/s1. The van der Waals surface area contributed by atoms with Crippen LogP contribution in [0.5, 0.6) is 5.75 Å². The molecule has 0 unspecified atom stereocenters. The average molecular weight is 759 g/mol. The summed E-state index contributed by atoms with van der Waals surface area (Å²) >= 11 is 0. The van der Waals surface area contributed by atoms with Crippen LogP contribution in [0.15, 0.2) is 78.9 Å². The van der Waals surface area contributed by atoms with Gasteiger partial charge in [-0.25, -0.2) is 4.79 Å². The van der Waals surface area contributed by atoms with Crippen LogP contribution >= 0.6 is 0 Å². The number of rotatable bonds is 13. The van der Waals surface area contributed by atoms with E-state index >= 15 is 0 Å². The molecule has 3 aromatic carbocycles. The van der Waals surface area contributed by atoms with Gasteiger partial charge in [0, 0.05) is 12.2 Å². The van der Waals surface area contributed by atoms with E-state index in [0.717, 1.165) is 0 Å². The molecule has 0 spiro atoms. The van der Waals surface area contributed by atoms with Gasteiger partial charge in [0.2, 0.25) is 5.91 Å². The van der Waals surface area contributed by atoms with Crippen LogP contribution in [0.25, 0.3) is 0 Å². The SMILES string of the molecule is C=C(CN1C(=O)O[C@H](c2cc(C(F)(F)F)cc(C(F)(F)F)c2)[C@@H]1C)CC(C)(C)CCCc1cc(NC(=O)[C@H](c2ccccc2)C(F)(F)F)ccc1OC. The first-order valence-corrected chi connectivity index (χ1v) is 16.5. The highest BCUT2D eigenvalue weighted by Gasteiger charge is 2.46. The molecule has 2 amide bonds. The van der Waals surface area contributed by atoms with Crippen molar-refractivity contribution >= 4 is 17.7 Å². The molecule has 288 valence electrons. The second-order valence-electron chi connectivity index (χ2n) is 13.9. The third kappa shape index (κ3) is 10.5. The average Bonchev–Trinajstić information content (AvgIpc) is 3.31. The first-order valence-electron chi connectivity index (χ1n) is 16.5. The third-order valence-electron chi connectivity index (χ3n) is 9.02. The van der Waals surface area contributed by atoms with E-state index in [0.29, 0.717) is 54.7 Å². The zero-order valence-electron chi connectivity index (χ0n) is 29.3. The van der Waals surface area contributed by atoms with Gasteiger partial charge in [0.15, 0.2) is 5.92 Å². The topological polar surface area (TPSA) is 67.9 Å². The van der Waals surface area contributed by atoms with Crippen molar-refractivity contribution in [3.05, 3.63) is 107 Å². The molecule has 1 fully saturated rings. The van der Waals surface area contributed by atoms with Gasteiger partial charge in [0.05, 0.1) is 24.3 Å². The van der Waals surface area contributed by atoms with Crippen molar-refractivity contribution in [2.45, 2.75) is 83.0 Å². The number of carbonyl (C=O) groups is 2. The largest absolute Gasteiger partial charge is 0.496 e. The van der Waals surface area contributed by atoms with Crippen molar-refractivity contribution < 1.29 is 58.6 Å². The van der Waals surface area contributed by atoms with E-state index in [4.69, 9.17) is 9.47 Å². The van der Waals surface area contributed by atoms with Gasteiger partial charge in [-0.3, -0.25) is 9.69 Å². The quantitative estimate of drug-likeness (QED) is 0.139. The minimum atomic E-state index is -5.06. The summed E-state index contributed by atoms with van der Waals surface area (Å²) in [6.45, 7) is 9.37. The second-order valence-corrected chi connectivity index (χ2v) is 13.9. The van der Waals surface area contributed by atoms with Crippen molar-refractivity contribution in [1.29, 1.82) is 0 Å². The summed E-state index contributed by atoms with van der Waals surface area (Å²) in [4.78, 5) is 26.9. The molecule has 53 heavy (non-hydrogen) atoms. The van der Waals surface area contributed by atoms with Crippen LogP contribution in [0.3, 0.4) is 0 Å². The smallest absolute Gasteiger partial charge is 0.416 e. The number of methoxy groups -OCH3 is 1. The Morgan fingerprint density at radius 3 is 2.08 bits per heavy atom. The maximum atomic E-state index is 13.9. The normalized spacial score (nSPS) is 17.4. The summed E-state index contributed by atoms with van der Waals surface area (Å²) < 4.78 is 133. The molecule has 1 aliphatic rings. The van der Waals surface area contributed by atoms with E-state index in [-0.39, 0.29) is 23.9 Å². The summed E-state index contributed by atoms with van der Waals surface area (Å²) in [5, 5.41) is 2.38. The lowest BCUT2D eigenvalue weighted by atomic mass is 9.80. The van der Waals surface area contributed by atoms with Crippen LogP contribution in [-0.4, -0.2) is 42.8 Å². The molecule has 1 heterocycles. The molecule has 0 aromatic heterocycles. The first-order chi connectivity index (χ1) is 24.5. The maximum absolute atomic E-state index is 13.9. The van der Waals surface area contributed by atoms with Crippen molar-refractivity contribution in [1.82, 2.24) is 4.90 Å². The molecule has 15 heteroatoms. The Kier molecular flexibility index (Phi) is 12.2. The molecule has 4 rings (SSSR count). The van der Waals surface area contributed by atoms with Gasteiger partial charge in [-0.1, -0.05) is 56.3 Å². The Balaban J connectivity index is 1.38. The second kappa shape index (κ2) is 15.7. The van der Waals surface area contributed by atoms with E-state index in [1.807, 2.05) is 13.8 Å². The molecule has 1 aliphatic heterocycles. The lowest BCUT2D eigenvalue weighted by molar-refractivity contribution is -0.161. The van der Waals surface area contributed by atoms with Crippen LogP contribution < -0.4 is 10.1 Å². The number of benzene rings is 3. The van der Waals surface area contributed by atoms with E-state index < -0.39 is 70.7 Å². The Morgan fingerprint density at radius 2 is 1.53 bits per heavy atom. The molecular formula is C38H39F9N2O4. The number of alkyl halides is 9. The zero-order valence-corrected chi connectivity index (χ0v) is 29.3. The third-order valence-corrected chi connectivity index (χ3v) is 9.02. The maximum Gasteiger partial charge on any atom is 0.416 e. The highest BCUT2D eigenvalue weighted by atomic mass is 19.4. The van der Waals surface area contributed by atoms with Gasteiger partial charge in [-0.05, 0) is 91.1 Å². The monoisotopic (exact) mass is 758 g/mol. The fraction of sp³-hybridized carbons (Fsp3) is 0.421. The summed E-state index contributed by atoms with van der Waals surface area (Å²) in [5.74, 6) is -3.13. The molecule has 0 aliphatic carbocycles. The molecule has 3 aromatic rings. The molecule has 1 saturated heterocycles. The predicted molar refractivity (Wildman–Crippen MR) is 179 cm³/mol. The number of hydrogen-bond donors (Lipinski definition) is 1. The van der Waals surface area contributed by atoms with Crippen molar-refractivity contribution in [3.63, 3.8) is 0 Å². The number of anilines is 1. The minimum Gasteiger partial charge on any atom is -0.496 e. The molecule has 0 bridgehead atoms. The number of hydrogen-bond acceptors (Lipinski definition) is 4. The van der Waals surface area contributed by atoms with Gasteiger partial charge in [-0.15, -0.1) is 0 Å². The molecule has 0 radical (unpaired) electrons. The number of amides is 2. The van der Waals surface area contributed by atoms with Crippen LogP contribution in [-0.2, 0) is 28.3 Å². The lowest BCUT2D eigenvalue weighted by Crippen LogP contribution is -2.34. The first kappa shape index (κ1) is 41.1. The van der Waals surface area contributed by atoms with Crippen molar-refractivity contribution in [3.8, 4) is 5.75 Å². The number of nitrogens with one attached hydrogen (secondary N) is 1. The number of halogens is 9. The van der Waals surface area contributed by atoms with E-state index in [1.54, 1.807) is 18.2 Å². The zero-order chi connectivity index (χ0) is 39.5. The molecule has 6 nitrogen and oxygen atoms in total. The van der Waals surface area contributed by atoms with E-state index in [2.05, 4.69) is 11.9 Å². The fourth-order valence-corrected chi connectivity index (χ4v) is 6.52. The summed E-state index contributed by atoms with van der Waals surface area (Å²) in [6.07, 6.45) is -15.2. The lowest BCUT2D eigenvalue weighted by Gasteiger charge is -2.28. The van der Waals surface area contributed by atoms with Gasteiger partial charge in [0.1, 0.15) is 11.9 Å². The van der Waals surface area contributed by atoms with Gasteiger partial charge < -0.3 is 14.8 Å². The number of ether oxygens (including phenoxy) is 2. The summed E-state index contributed by atoms with van der Waals surface area (Å²) in [6, 6.07) is 11.6. The highest BCUT2D eigenvalue weighted by molar-refractivity contribution is 5.96. The Labute approximate surface area is 300 Å². The number of carbonyl (C=O) groups excluding carboxylic acids is 2. The summed E-state index contributed by atoms with van der Waals surface area (Å²) in [5.41, 5.74) is -2.68. The van der Waals surface area contributed by atoms with E-state index in [9.17, 15) is 49.1 Å². The van der Waals surface area contributed by atoms with Crippen molar-refractivity contribution in [2.24, 2.45) is 5.41 Å². The van der Waals surface area contributed by atoms with Crippen LogP contribution in [0, 0.1) is 5.41 Å². The highest BCUT2D eigenvalue weighted by Crippen LogP contribution is 2.42. The number of aryl methyl sites for hydroxylation is 1. The number of nitrogens with zero attached hydrogens (tertiary/aromatic N) is 1. The van der Waals surface area contributed by atoms with Crippen molar-refractivity contribution in [2.75, 3.05) is 19.0 Å². The van der Waals surface area contributed by atoms with Gasteiger partial charge in [-0.2, -0.15) is 39.5 Å². The van der Waals surface area contributed by atoms with Crippen LogP contribution in [0.2, 0.25) is 0 Å². The fourth-order valence-electron chi connectivity index (χ4n) is 6.52. The molecule has 0 saturated carbocycles. The van der Waals surface area contributed by atoms with Crippen LogP contribution in [0.1, 0.15) is 79.9 Å². The Hall–Kier alpha value is -4.69. The van der Waals surface area contributed by atoms with Gasteiger partial charge >= 0.3 is 24.6 Å². The molecular weight excluding hydrogens is 719 g/mol. The predicted octanol–water partition coefficient (Wildman–Crippen LogP) is 10.9. The van der Waals surface area contributed by atoms with E-state index in [1.165, 1.54) is 49.3 Å². The van der Waals surface area contributed by atoms with Gasteiger partial charge in [0.25, 0.3) is 0 Å². The number of cyclic esters (lactones) is 1. The molecule has 3 atom stereocenters. The Morgan fingerprint density at radius 1 is 0.925 bits per heavy atom. The van der Waals surface area contributed by atoms with Crippen LogP contribution in [0.4, 0.5) is 50.0 Å². The summed E-state index contributed by atoms with van der Waals surface area (Å²) in [7, 11) is 1.44.